The van der Waals surface area contributed by atoms with Gasteiger partial charge in [0, 0.05) is 32.5 Å². The van der Waals surface area contributed by atoms with Gasteiger partial charge < -0.3 is 15.4 Å². The number of carbonyl (C=O) groups is 1. The van der Waals surface area contributed by atoms with Crippen molar-refractivity contribution in [2.75, 3.05) is 31.6 Å². The van der Waals surface area contributed by atoms with Crippen molar-refractivity contribution in [3.05, 3.63) is 24.0 Å². The molecule has 1 fully saturated rings. The second-order valence-corrected chi connectivity index (χ2v) is 5.95. The fourth-order valence-corrected chi connectivity index (χ4v) is 2.42. The first-order valence-electron chi connectivity index (χ1n) is 7.68. The summed E-state index contributed by atoms with van der Waals surface area (Å²) in [4.78, 5) is 16.5. The zero-order valence-corrected chi connectivity index (χ0v) is 12.9. The van der Waals surface area contributed by atoms with E-state index < -0.39 is 0 Å². The molecule has 1 saturated heterocycles. The Balaban J connectivity index is 1.96. The number of rotatable bonds is 6. The van der Waals surface area contributed by atoms with Gasteiger partial charge in [0.25, 0.3) is 5.91 Å². The van der Waals surface area contributed by atoms with Crippen LogP contribution in [0.4, 0.5) is 5.69 Å². The SMILES string of the molecule is CCCNc1cnccc1C(=O)NCC1(C)CCOCC1. The van der Waals surface area contributed by atoms with E-state index >= 15 is 0 Å². The van der Waals surface area contributed by atoms with Crippen molar-refractivity contribution in [1.29, 1.82) is 0 Å². The minimum atomic E-state index is -0.0382. The van der Waals surface area contributed by atoms with Crippen molar-refractivity contribution in [1.82, 2.24) is 10.3 Å². The van der Waals surface area contributed by atoms with Gasteiger partial charge in [-0.15, -0.1) is 0 Å². The number of hydrogen-bond acceptors (Lipinski definition) is 4. The van der Waals surface area contributed by atoms with Gasteiger partial charge in [0.05, 0.1) is 17.4 Å². The van der Waals surface area contributed by atoms with Crippen LogP contribution < -0.4 is 10.6 Å². The van der Waals surface area contributed by atoms with Crippen LogP contribution in [0.5, 0.6) is 0 Å². The molecule has 2 heterocycles. The Bertz CT molecular complexity index is 470. The Labute approximate surface area is 126 Å². The molecule has 1 aromatic rings. The minimum Gasteiger partial charge on any atom is -0.383 e. The Morgan fingerprint density at radius 3 is 2.90 bits per heavy atom. The number of aromatic nitrogens is 1. The van der Waals surface area contributed by atoms with Crippen LogP contribution in [0.3, 0.4) is 0 Å². The van der Waals surface area contributed by atoms with Gasteiger partial charge in [-0.25, -0.2) is 0 Å². The molecule has 0 saturated carbocycles. The maximum atomic E-state index is 12.4. The molecule has 0 atom stereocenters. The zero-order chi connectivity index (χ0) is 15.1. The van der Waals surface area contributed by atoms with E-state index in [-0.39, 0.29) is 11.3 Å². The molecule has 21 heavy (non-hydrogen) atoms. The number of nitrogens with zero attached hydrogens (tertiary/aromatic N) is 1. The summed E-state index contributed by atoms with van der Waals surface area (Å²) in [7, 11) is 0. The second kappa shape index (κ2) is 7.41. The van der Waals surface area contributed by atoms with Gasteiger partial charge in [0.15, 0.2) is 0 Å². The lowest BCUT2D eigenvalue weighted by molar-refractivity contribution is 0.0238. The number of carbonyl (C=O) groups excluding carboxylic acids is 1. The molecule has 0 bridgehead atoms. The van der Waals surface area contributed by atoms with Crippen LogP contribution in [-0.2, 0) is 4.74 Å². The van der Waals surface area contributed by atoms with Gasteiger partial charge >= 0.3 is 0 Å². The molecule has 2 N–H and O–H groups in total. The van der Waals surface area contributed by atoms with Crippen LogP contribution >= 0.6 is 0 Å². The van der Waals surface area contributed by atoms with Gasteiger partial charge in [-0.3, -0.25) is 9.78 Å². The maximum Gasteiger partial charge on any atom is 0.253 e. The van der Waals surface area contributed by atoms with Crippen LogP contribution in [0.2, 0.25) is 0 Å². The summed E-state index contributed by atoms with van der Waals surface area (Å²) in [6, 6.07) is 1.76. The molecule has 0 aliphatic carbocycles. The molecule has 5 heteroatoms. The van der Waals surface area contributed by atoms with E-state index in [1.165, 1.54) is 0 Å². The van der Waals surface area contributed by atoms with Crippen molar-refractivity contribution >= 4 is 11.6 Å². The Morgan fingerprint density at radius 2 is 2.19 bits per heavy atom. The average Bonchev–Trinajstić information content (AvgIpc) is 2.52. The predicted molar refractivity (Wildman–Crippen MR) is 83.5 cm³/mol. The van der Waals surface area contributed by atoms with Crippen LogP contribution in [-0.4, -0.2) is 37.2 Å². The first-order valence-corrected chi connectivity index (χ1v) is 7.68. The summed E-state index contributed by atoms with van der Waals surface area (Å²) in [6.45, 7) is 7.38. The highest BCUT2D eigenvalue weighted by atomic mass is 16.5. The molecule has 1 amide bonds. The Morgan fingerprint density at radius 1 is 1.43 bits per heavy atom. The van der Waals surface area contributed by atoms with E-state index in [0.29, 0.717) is 12.1 Å². The minimum absolute atomic E-state index is 0.0382. The lowest BCUT2D eigenvalue weighted by Gasteiger charge is -2.33. The second-order valence-electron chi connectivity index (χ2n) is 5.95. The third kappa shape index (κ3) is 4.43. The van der Waals surface area contributed by atoms with Gasteiger partial charge in [-0.05, 0) is 30.7 Å². The summed E-state index contributed by atoms with van der Waals surface area (Å²) in [6.07, 6.45) is 6.35. The summed E-state index contributed by atoms with van der Waals surface area (Å²) in [5.41, 5.74) is 1.60. The fraction of sp³-hybridized carbons (Fsp3) is 0.625. The van der Waals surface area contributed by atoms with E-state index in [4.69, 9.17) is 4.74 Å². The van der Waals surface area contributed by atoms with Crippen molar-refractivity contribution in [2.45, 2.75) is 33.1 Å². The number of amides is 1. The molecule has 0 aromatic carbocycles. The number of ether oxygens (including phenoxy) is 1. The largest absolute Gasteiger partial charge is 0.383 e. The Hall–Kier alpha value is -1.62. The third-order valence-electron chi connectivity index (χ3n) is 4.01. The zero-order valence-electron chi connectivity index (χ0n) is 12.9. The molecule has 2 rings (SSSR count). The third-order valence-corrected chi connectivity index (χ3v) is 4.01. The normalized spacial score (nSPS) is 17.2. The van der Waals surface area contributed by atoms with Gasteiger partial charge in [-0.1, -0.05) is 13.8 Å². The van der Waals surface area contributed by atoms with E-state index in [2.05, 4.69) is 29.5 Å². The van der Waals surface area contributed by atoms with Crippen LogP contribution in [0.1, 0.15) is 43.5 Å². The molecule has 1 aliphatic rings. The van der Waals surface area contributed by atoms with Gasteiger partial charge in [0.2, 0.25) is 0 Å². The number of hydrogen-bond donors (Lipinski definition) is 2. The predicted octanol–water partition coefficient (Wildman–Crippen LogP) is 2.45. The highest BCUT2D eigenvalue weighted by Crippen LogP contribution is 2.28. The Kier molecular flexibility index (Phi) is 5.56. The van der Waals surface area contributed by atoms with E-state index in [1.54, 1.807) is 18.5 Å². The van der Waals surface area contributed by atoms with Crippen LogP contribution in [0.25, 0.3) is 0 Å². The van der Waals surface area contributed by atoms with E-state index in [9.17, 15) is 4.79 Å². The number of pyridine rings is 1. The van der Waals surface area contributed by atoms with Crippen LogP contribution in [0, 0.1) is 5.41 Å². The van der Waals surface area contributed by atoms with Gasteiger partial charge in [0.1, 0.15) is 0 Å². The van der Waals surface area contributed by atoms with E-state index in [1.807, 2.05) is 0 Å². The molecule has 0 spiro atoms. The summed E-state index contributed by atoms with van der Waals surface area (Å²) in [5, 5.41) is 6.31. The smallest absolute Gasteiger partial charge is 0.253 e. The molecular weight excluding hydrogens is 266 g/mol. The highest BCUT2D eigenvalue weighted by molar-refractivity contribution is 5.99. The van der Waals surface area contributed by atoms with Gasteiger partial charge in [-0.2, -0.15) is 0 Å². The highest BCUT2D eigenvalue weighted by Gasteiger charge is 2.28. The van der Waals surface area contributed by atoms with Crippen molar-refractivity contribution in [3.63, 3.8) is 0 Å². The molecule has 1 aliphatic heterocycles. The van der Waals surface area contributed by atoms with Crippen LogP contribution in [0.15, 0.2) is 18.5 Å². The average molecular weight is 291 g/mol. The number of nitrogens with one attached hydrogen (secondary N) is 2. The first-order chi connectivity index (χ1) is 10.1. The maximum absolute atomic E-state index is 12.4. The summed E-state index contributed by atoms with van der Waals surface area (Å²) in [5.74, 6) is -0.0382. The quantitative estimate of drug-likeness (QED) is 0.845. The summed E-state index contributed by atoms with van der Waals surface area (Å²) < 4.78 is 5.39. The first kappa shape index (κ1) is 15.8. The molecule has 5 nitrogen and oxygen atoms in total. The lowest BCUT2D eigenvalue weighted by atomic mass is 9.82. The standard InChI is InChI=1S/C16H25N3O2/c1-3-7-18-14-11-17-8-4-13(14)15(20)19-12-16(2)5-9-21-10-6-16/h4,8,11,18H,3,5-7,9-10,12H2,1-2H3,(H,19,20). The fourth-order valence-electron chi connectivity index (χ4n) is 2.42. The topological polar surface area (TPSA) is 63.2 Å². The molecule has 0 unspecified atom stereocenters. The molecule has 0 radical (unpaired) electrons. The van der Waals surface area contributed by atoms with E-state index in [0.717, 1.165) is 44.7 Å². The monoisotopic (exact) mass is 291 g/mol. The summed E-state index contributed by atoms with van der Waals surface area (Å²) >= 11 is 0. The van der Waals surface area contributed by atoms with Crippen molar-refractivity contribution in [3.8, 4) is 0 Å². The number of anilines is 1. The van der Waals surface area contributed by atoms with Crippen molar-refractivity contribution in [2.24, 2.45) is 5.41 Å². The van der Waals surface area contributed by atoms with Crippen molar-refractivity contribution < 1.29 is 9.53 Å². The molecule has 1 aromatic heterocycles. The molecular formula is C16H25N3O2. The lowest BCUT2D eigenvalue weighted by Crippen LogP contribution is -2.39. The molecule has 116 valence electrons.